The van der Waals surface area contributed by atoms with Gasteiger partial charge >= 0.3 is 5.97 Å². The average Bonchev–Trinajstić information content (AvgIpc) is 2.95. The van der Waals surface area contributed by atoms with Gasteiger partial charge in [0.15, 0.2) is 5.13 Å². The van der Waals surface area contributed by atoms with Gasteiger partial charge in [0.05, 0.1) is 10.4 Å². The van der Waals surface area contributed by atoms with Gasteiger partial charge in [-0.2, -0.15) is 0 Å². The zero-order chi connectivity index (χ0) is 17.1. The third-order valence-electron chi connectivity index (χ3n) is 3.31. The van der Waals surface area contributed by atoms with E-state index in [0.29, 0.717) is 21.3 Å². The number of aromatic nitrogens is 2. The lowest BCUT2D eigenvalue weighted by Gasteiger charge is -2.08. The van der Waals surface area contributed by atoms with Crippen molar-refractivity contribution in [2.75, 3.05) is 11.1 Å². The lowest BCUT2D eigenvalue weighted by molar-refractivity contribution is 0.0697. The summed E-state index contributed by atoms with van der Waals surface area (Å²) in [5, 5.41) is 22.9. The van der Waals surface area contributed by atoms with E-state index in [-0.39, 0.29) is 11.4 Å². The maximum Gasteiger partial charge on any atom is 0.335 e. The van der Waals surface area contributed by atoms with E-state index in [1.54, 1.807) is 36.7 Å². The molecule has 0 amide bonds. The largest absolute Gasteiger partial charge is 0.478 e. The SMILES string of the molecule is Nc1nc(Nc2ccc(C(=O)O)cc2)sc1C(O)c1cccnc1. The van der Waals surface area contributed by atoms with E-state index in [4.69, 9.17) is 10.8 Å². The molecule has 2 aromatic heterocycles. The number of aliphatic hydroxyl groups excluding tert-OH is 1. The molecule has 0 bridgehead atoms. The maximum absolute atomic E-state index is 10.8. The second-order valence-corrected chi connectivity index (χ2v) is 6.00. The molecule has 0 aliphatic rings. The van der Waals surface area contributed by atoms with Gasteiger partial charge in [0.25, 0.3) is 0 Å². The number of aliphatic hydroxyl groups is 1. The van der Waals surface area contributed by atoms with Crippen LogP contribution in [0.4, 0.5) is 16.6 Å². The molecule has 122 valence electrons. The Morgan fingerprint density at radius 1 is 1.25 bits per heavy atom. The number of nitrogens with two attached hydrogens (primary N) is 1. The van der Waals surface area contributed by atoms with Gasteiger partial charge in [-0.1, -0.05) is 17.4 Å². The molecule has 0 saturated heterocycles. The van der Waals surface area contributed by atoms with Crippen LogP contribution in [0.25, 0.3) is 0 Å². The van der Waals surface area contributed by atoms with Crippen molar-refractivity contribution >= 4 is 33.9 Å². The highest BCUT2D eigenvalue weighted by atomic mass is 32.1. The minimum atomic E-state index is -0.984. The first-order valence-corrected chi connectivity index (χ1v) is 7.81. The van der Waals surface area contributed by atoms with Gasteiger partial charge in [-0.05, 0) is 30.3 Å². The smallest absolute Gasteiger partial charge is 0.335 e. The van der Waals surface area contributed by atoms with E-state index in [0.717, 1.165) is 0 Å². The molecular formula is C16H14N4O3S. The van der Waals surface area contributed by atoms with E-state index in [9.17, 15) is 9.90 Å². The molecule has 0 aliphatic heterocycles. The number of hydrogen-bond donors (Lipinski definition) is 4. The van der Waals surface area contributed by atoms with Crippen molar-refractivity contribution in [3.05, 3.63) is 64.8 Å². The Bertz CT molecular complexity index is 850. The number of aromatic carboxylic acids is 1. The van der Waals surface area contributed by atoms with Crippen molar-refractivity contribution in [3.63, 3.8) is 0 Å². The molecule has 5 N–H and O–H groups in total. The second kappa shape index (κ2) is 6.65. The van der Waals surface area contributed by atoms with Crippen molar-refractivity contribution in [2.24, 2.45) is 0 Å². The second-order valence-electron chi connectivity index (χ2n) is 4.96. The van der Waals surface area contributed by atoms with Crippen molar-refractivity contribution in [1.29, 1.82) is 0 Å². The van der Waals surface area contributed by atoms with E-state index < -0.39 is 12.1 Å². The predicted octanol–water partition coefficient (Wildman–Crippen LogP) is 2.64. The molecule has 8 heteroatoms. The number of nitrogen functional groups attached to an aromatic ring is 1. The van der Waals surface area contributed by atoms with E-state index in [1.165, 1.54) is 23.5 Å². The number of hydrogen-bond acceptors (Lipinski definition) is 7. The normalized spacial score (nSPS) is 11.9. The fraction of sp³-hybridized carbons (Fsp3) is 0.0625. The third-order valence-corrected chi connectivity index (χ3v) is 4.35. The summed E-state index contributed by atoms with van der Waals surface area (Å²) in [6, 6.07) is 9.75. The molecule has 7 nitrogen and oxygen atoms in total. The Labute approximate surface area is 141 Å². The van der Waals surface area contributed by atoms with Crippen LogP contribution in [0.2, 0.25) is 0 Å². The molecule has 3 aromatic rings. The molecule has 0 saturated carbocycles. The number of carbonyl (C=O) groups is 1. The average molecular weight is 342 g/mol. The Morgan fingerprint density at radius 3 is 2.62 bits per heavy atom. The van der Waals surface area contributed by atoms with Gasteiger partial charge in [-0.3, -0.25) is 4.98 Å². The predicted molar refractivity (Wildman–Crippen MR) is 91.5 cm³/mol. The summed E-state index contributed by atoms with van der Waals surface area (Å²) < 4.78 is 0. The number of anilines is 3. The standard InChI is InChI=1S/C16H14N4O3S/c17-14-13(12(21)10-2-1-7-18-8-10)24-16(20-14)19-11-5-3-9(4-6-11)15(22)23/h1-8,12,21H,17H2,(H,19,20)(H,22,23). The van der Waals surface area contributed by atoms with E-state index in [1.807, 2.05) is 0 Å². The van der Waals surface area contributed by atoms with Crippen LogP contribution in [0.15, 0.2) is 48.8 Å². The van der Waals surface area contributed by atoms with Crippen molar-refractivity contribution in [2.45, 2.75) is 6.10 Å². The summed E-state index contributed by atoms with van der Waals surface area (Å²) in [5.41, 5.74) is 7.41. The molecule has 0 spiro atoms. The summed E-state index contributed by atoms with van der Waals surface area (Å²) in [7, 11) is 0. The van der Waals surface area contributed by atoms with E-state index >= 15 is 0 Å². The van der Waals surface area contributed by atoms with Gasteiger partial charge in [0.1, 0.15) is 11.9 Å². The Morgan fingerprint density at radius 2 is 2.00 bits per heavy atom. The number of pyridine rings is 1. The number of nitrogens with zero attached hydrogens (tertiary/aromatic N) is 2. The summed E-state index contributed by atoms with van der Waals surface area (Å²) in [5.74, 6) is -0.747. The van der Waals surface area contributed by atoms with Gasteiger partial charge < -0.3 is 21.3 Å². The van der Waals surface area contributed by atoms with Crippen LogP contribution < -0.4 is 11.1 Å². The summed E-state index contributed by atoms with van der Waals surface area (Å²) in [6.45, 7) is 0. The van der Waals surface area contributed by atoms with Crippen molar-refractivity contribution in [3.8, 4) is 0 Å². The highest BCUT2D eigenvalue weighted by molar-refractivity contribution is 7.16. The highest BCUT2D eigenvalue weighted by Gasteiger charge is 2.19. The van der Waals surface area contributed by atoms with Gasteiger partial charge in [0.2, 0.25) is 0 Å². The molecule has 24 heavy (non-hydrogen) atoms. The number of carboxylic acids is 1. The molecule has 0 radical (unpaired) electrons. The fourth-order valence-electron chi connectivity index (χ4n) is 2.10. The molecule has 1 aromatic carbocycles. The van der Waals surface area contributed by atoms with Gasteiger partial charge in [-0.15, -0.1) is 0 Å². The molecule has 1 unspecified atom stereocenters. The topological polar surface area (TPSA) is 121 Å². The Balaban J connectivity index is 1.80. The maximum atomic E-state index is 10.8. The number of thiazole rings is 1. The third kappa shape index (κ3) is 3.34. The van der Waals surface area contributed by atoms with Crippen LogP contribution >= 0.6 is 11.3 Å². The highest BCUT2D eigenvalue weighted by Crippen LogP contribution is 2.35. The summed E-state index contributed by atoms with van der Waals surface area (Å²) in [4.78, 5) is 19.5. The van der Waals surface area contributed by atoms with Crippen LogP contribution in [-0.4, -0.2) is 26.2 Å². The van der Waals surface area contributed by atoms with Crippen LogP contribution in [-0.2, 0) is 0 Å². The fourth-order valence-corrected chi connectivity index (χ4v) is 3.02. The molecule has 0 aliphatic carbocycles. The monoisotopic (exact) mass is 342 g/mol. The number of rotatable bonds is 5. The number of carboxylic acid groups (broad SMARTS) is 1. The van der Waals surface area contributed by atoms with E-state index in [2.05, 4.69) is 15.3 Å². The molecule has 1 atom stereocenters. The quantitative estimate of drug-likeness (QED) is 0.562. The molecular weight excluding hydrogens is 328 g/mol. The van der Waals surface area contributed by atoms with Crippen molar-refractivity contribution < 1.29 is 15.0 Å². The lowest BCUT2D eigenvalue weighted by Crippen LogP contribution is -2.01. The minimum absolute atomic E-state index is 0.201. The minimum Gasteiger partial charge on any atom is -0.478 e. The summed E-state index contributed by atoms with van der Waals surface area (Å²) in [6.07, 6.45) is 2.29. The van der Waals surface area contributed by atoms with Crippen LogP contribution in [0, 0.1) is 0 Å². The molecule has 0 fully saturated rings. The first-order valence-electron chi connectivity index (χ1n) is 6.99. The first kappa shape index (κ1) is 15.9. The number of nitrogens with one attached hydrogen (secondary N) is 1. The first-order chi connectivity index (χ1) is 11.5. The molecule has 3 rings (SSSR count). The van der Waals surface area contributed by atoms with Gasteiger partial charge in [0, 0.05) is 23.6 Å². The zero-order valence-corrected chi connectivity index (χ0v) is 13.2. The lowest BCUT2D eigenvalue weighted by atomic mass is 10.1. The molecule has 2 heterocycles. The Hall–Kier alpha value is -2.97. The zero-order valence-electron chi connectivity index (χ0n) is 12.4. The summed E-state index contributed by atoms with van der Waals surface area (Å²) >= 11 is 1.23. The Kier molecular flexibility index (Phi) is 4.41. The van der Waals surface area contributed by atoms with Crippen LogP contribution in [0.5, 0.6) is 0 Å². The van der Waals surface area contributed by atoms with Gasteiger partial charge in [-0.25, -0.2) is 9.78 Å². The van der Waals surface area contributed by atoms with Crippen LogP contribution in [0.1, 0.15) is 26.9 Å². The van der Waals surface area contributed by atoms with Crippen molar-refractivity contribution in [1.82, 2.24) is 9.97 Å². The number of benzene rings is 1. The van der Waals surface area contributed by atoms with Crippen LogP contribution in [0.3, 0.4) is 0 Å².